The number of ether oxygens (including phenoxy) is 1. The Morgan fingerprint density at radius 3 is 2.76 bits per heavy atom. The molecular formula is C18H31IN4O2. The second-order valence-corrected chi connectivity index (χ2v) is 7.50. The summed E-state index contributed by atoms with van der Waals surface area (Å²) in [6.45, 7) is 13.1. The molecule has 3 rings (SSSR count). The highest BCUT2D eigenvalue weighted by molar-refractivity contribution is 14.0. The van der Waals surface area contributed by atoms with Gasteiger partial charge in [0.25, 0.3) is 0 Å². The highest BCUT2D eigenvalue weighted by Gasteiger charge is 2.59. The Morgan fingerprint density at radius 1 is 1.36 bits per heavy atom. The third-order valence-electron chi connectivity index (χ3n) is 5.55. The van der Waals surface area contributed by atoms with Crippen molar-refractivity contribution in [3.63, 3.8) is 0 Å². The molecule has 0 amide bonds. The van der Waals surface area contributed by atoms with E-state index >= 15 is 0 Å². The SMILES string of the molecule is CCNC(=NCCc1c(C)noc1C)NC1C2CCOC2C1(C)C.I. The second-order valence-electron chi connectivity index (χ2n) is 7.50. The first-order valence-corrected chi connectivity index (χ1v) is 9.03. The standard InChI is InChI=1S/C18H30N4O2.HI/c1-6-19-17(20-9-7-13-11(2)22-24-12(13)3)21-15-14-8-10-23-16(14)18(15,4)5;/h14-16H,6-10H2,1-5H3,(H2,19,20,21);1H. The zero-order valence-corrected chi connectivity index (χ0v) is 18.2. The normalized spacial score (nSPS) is 27.2. The predicted molar refractivity (Wildman–Crippen MR) is 110 cm³/mol. The van der Waals surface area contributed by atoms with Gasteiger partial charge in [-0.05, 0) is 33.6 Å². The molecule has 6 nitrogen and oxygen atoms in total. The van der Waals surface area contributed by atoms with Gasteiger partial charge in [-0.2, -0.15) is 0 Å². The molecule has 1 aliphatic carbocycles. The Balaban J connectivity index is 0.00000225. The van der Waals surface area contributed by atoms with Gasteiger partial charge in [-0.15, -0.1) is 24.0 Å². The van der Waals surface area contributed by atoms with E-state index in [1.54, 1.807) is 0 Å². The van der Waals surface area contributed by atoms with Crippen LogP contribution < -0.4 is 10.6 Å². The zero-order chi connectivity index (χ0) is 17.3. The molecule has 0 spiro atoms. The minimum atomic E-state index is 0. The molecule has 0 aromatic carbocycles. The van der Waals surface area contributed by atoms with E-state index in [9.17, 15) is 0 Å². The van der Waals surface area contributed by atoms with Crippen LogP contribution in [-0.2, 0) is 11.2 Å². The monoisotopic (exact) mass is 462 g/mol. The largest absolute Gasteiger partial charge is 0.377 e. The van der Waals surface area contributed by atoms with Gasteiger partial charge in [0.2, 0.25) is 0 Å². The molecule has 1 saturated carbocycles. The number of rotatable bonds is 5. The zero-order valence-electron chi connectivity index (χ0n) is 15.9. The molecule has 1 aromatic rings. The first-order chi connectivity index (χ1) is 11.4. The number of guanidine groups is 1. The average molecular weight is 462 g/mol. The number of halogens is 1. The van der Waals surface area contributed by atoms with E-state index in [-0.39, 0.29) is 29.4 Å². The quantitative estimate of drug-likeness (QED) is 0.400. The van der Waals surface area contributed by atoms with Gasteiger partial charge in [0.1, 0.15) is 5.76 Å². The Bertz CT molecular complexity index is 595. The molecule has 142 valence electrons. The number of nitrogens with one attached hydrogen (secondary N) is 2. The Hall–Kier alpha value is -0.830. The van der Waals surface area contributed by atoms with Crippen LogP contribution in [0.5, 0.6) is 0 Å². The van der Waals surface area contributed by atoms with E-state index < -0.39 is 0 Å². The van der Waals surface area contributed by atoms with Crippen molar-refractivity contribution in [2.75, 3.05) is 19.7 Å². The fourth-order valence-corrected chi connectivity index (χ4v) is 4.22. The van der Waals surface area contributed by atoms with Gasteiger partial charge in [-0.25, -0.2) is 0 Å². The molecule has 1 saturated heterocycles. The molecule has 1 aromatic heterocycles. The number of nitrogens with zero attached hydrogens (tertiary/aromatic N) is 2. The summed E-state index contributed by atoms with van der Waals surface area (Å²) in [7, 11) is 0. The molecule has 0 radical (unpaired) electrons. The van der Waals surface area contributed by atoms with Crippen LogP contribution in [0.3, 0.4) is 0 Å². The second kappa shape index (κ2) is 8.24. The van der Waals surface area contributed by atoms with Gasteiger partial charge < -0.3 is 19.9 Å². The van der Waals surface area contributed by atoms with E-state index in [4.69, 9.17) is 14.3 Å². The average Bonchev–Trinajstić information content (AvgIpc) is 3.12. The molecule has 3 unspecified atom stereocenters. The van der Waals surface area contributed by atoms with Crippen molar-refractivity contribution in [3.05, 3.63) is 17.0 Å². The lowest BCUT2D eigenvalue weighted by molar-refractivity contribution is -0.106. The van der Waals surface area contributed by atoms with Gasteiger partial charge >= 0.3 is 0 Å². The minimum absolute atomic E-state index is 0. The molecule has 2 heterocycles. The third kappa shape index (κ3) is 3.97. The van der Waals surface area contributed by atoms with Crippen LogP contribution in [0.4, 0.5) is 0 Å². The Kier molecular flexibility index (Phi) is 6.75. The fraction of sp³-hybridized carbons (Fsp3) is 0.778. The van der Waals surface area contributed by atoms with Gasteiger partial charge in [-0.1, -0.05) is 19.0 Å². The molecule has 25 heavy (non-hydrogen) atoms. The van der Waals surface area contributed by atoms with Crippen LogP contribution in [0.1, 0.15) is 44.2 Å². The van der Waals surface area contributed by atoms with Crippen molar-refractivity contribution in [2.24, 2.45) is 16.3 Å². The summed E-state index contributed by atoms with van der Waals surface area (Å²) >= 11 is 0. The van der Waals surface area contributed by atoms with Gasteiger partial charge in [0.15, 0.2) is 5.96 Å². The summed E-state index contributed by atoms with van der Waals surface area (Å²) in [5.74, 6) is 2.39. The van der Waals surface area contributed by atoms with E-state index in [0.717, 1.165) is 50.0 Å². The lowest BCUT2D eigenvalue weighted by Gasteiger charge is -2.54. The Labute approximate surface area is 167 Å². The lowest BCUT2D eigenvalue weighted by Crippen LogP contribution is -2.68. The number of aryl methyl sites for hydroxylation is 2. The number of fused-ring (bicyclic) bond motifs is 1. The highest BCUT2D eigenvalue weighted by atomic mass is 127. The maximum atomic E-state index is 5.88. The minimum Gasteiger partial charge on any atom is -0.377 e. The van der Waals surface area contributed by atoms with Crippen LogP contribution >= 0.6 is 24.0 Å². The van der Waals surface area contributed by atoms with Crippen molar-refractivity contribution in [1.82, 2.24) is 15.8 Å². The van der Waals surface area contributed by atoms with Crippen molar-refractivity contribution in [2.45, 2.75) is 59.6 Å². The van der Waals surface area contributed by atoms with E-state index in [2.05, 4.69) is 36.6 Å². The molecule has 3 atom stereocenters. The summed E-state index contributed by atoms with van der Waals surface area (Å²) in [4.78, 5) is 4.76. The van der Waals surface area contributed by atoms with E-state index in [1.807, 2.05) is 13.8 Å². The van der Waals surface area contributed by atoms with Gasteiger partial charge in [0.05, 0.1) is 11.8 Å². The molecule has 2 N–H and O–H groups in total. The predicted octanol–water partition coefficient (Wildman–Crippen LogP) is 2.82. The molecule has 1 aliphatic heterocycles. The van der Waals surface area contributed by atoms with Crippen LogP contribution in [0.25, 0.3) is 0 Å². The highest BCUT2D eigenvalue weighted by Crippen LogP contribution is 2.52. The summed E-state index contributed by atoms with van der Waals surface area (Å²) in [6.07, 6.45) is 2.38. The molecule has 2 fully saturated rings. The van der Waals surface area contributed by atoms with E-state index in [1.165, 1.54) is 5.56 Å². The first-order valence-electron chi connectivity index (χ1n) is 9.03. The number of hydrogen-bond acceptors (Lipinski definition) is 4. The summed E-state index contributed by atoms with van der Waals surface area (Å²) in [6, 6.07) is 0.418. The van der Waals surface area contributed by atoms with Crippen LogP contribution in [0, 0.1) is 25.2 Å². The number of aromatic nitrogens is 1. The topological polar surface area (TPSA) is 71.7 Å². The van der Waals surface area contributed by atoms with Crippen LogP contribution in [-0.4, -0.2) is 43.0 Å². The van der Waals surface area contributed by atoms with Crippen molar-refractivity contribution < 1.29 is 9.26 Å². The lowest BCUT2D eigenvalue weighted by atomic mass is 9.57. The van der Waals surface area contributed by atoms with E-state index in [0.29, 0.717) is 18.1 Å². The van der Waals surface area contributed by atoms with Gasteiger partial charge in [-0.3, -0.25) is 4.99 Å². The summed E-state index contributed by atoms with van der Waals surface area (Å²) < 4.78 is 11.1. The molecular weight excluding hydrogens is 431 g/mol. The van der Waals surface area contributed by atoms with Gasteiger partial charge in [0, 0.05) is 42.6 Å². The molecule has 7 heteroatoms. The third-order valence-corrected chi connectivity index (χ3v) is 5.55. The smallest absolute Gasteiger partial charge is 0.191 e. The van der Waals surface area contributed by atoms with Crippen LogP contribution in [0.2, 0.25) is 0 Å². The maximum absolute atomic E-state index is 5.88. The van der Waals surface area contributed by atoms with Crippen molar-refractivity contribution >= 4 is 29.9 Å². The Morgan fingerprint density at radius 2 is 2.12 bits per heavy atom. The summed E-state index contributed by atoms with van der Waals surface area (Å²) in [5.41, 5.74) is 2.29. The first kappa shape index (κ1) is 20.5. The summed E-state index contributed by atoms with van der Waals surface area (Å²) in [5, 5.41) is 11.0. The molecule has 0 bridgehead atoms. The van der Waals surface area contributed by atoms with Crippen molar-refractivity contribution in [3.8, 4) is 0 Å². The maximum Gasteiger partial charge on any atom is 0.191 e. The number of hydrogen-bond donors (Lipinski definition) is 2. The van der Waals surface area contributed by atoms with Crippen molar-refractivity contribution in [1.29, 1.82) is 0 Å². The number of aliphatic imine (C=N–C) groups is 1. The van der Waals surface area contributed by atoms with Crippen LogP contribution in [0.15, 0.2) is 9.52 Å². The fourth-order valence-electron chi connectivity index (χ4n) is 4.22. The molecule has 2 aliphatic rings.